The number of allylic oxidation sites excluding steroid dienone is 1. The van der Waals surface area contributed by atoms with Crippen LogP contribution in [0, 0.1) is 0 Å². The van der Waals surface area contributed by atoms with Gasteiger partial charge in [0.1, 0.15) is 11.4 Å². The highest BCUT2D eigenvalue weighted by atomic mass is 79.9. The second-order valence-corrected chi connectivity index (χ2v) is 4.99. The predicted molar refractivity (Wildman–Crippen MR) is 69.7 cm³/mol. The Kier molecular flexibility index (Phi) is 4.40. The van der Waals surface area contributed by atoms with Crippen LogP contribution in [0.3, 0.4) is 0 Å². The second-order valence-electron chi connectivity index (χ2n) is 4.34. The van der Waals surface area contributed by atoms with Gasteiger partial charge in [-0.05, 0) is 38.5 Å². The summed E-state index contributed by atoms with van der Waals surface area (Å²) in [6.45, 7) is 6.14. The van der Waals surface area contributed by atoms with Gasteiger partial charge in [0.25, 0.3) is 0 Å². The van der Waals surface area contributed by atoms with Crippen molar-refractivity contribution in [2.45, 2.75) is 26.4 Å². The summed E-state index contributed by atoms with van der Waals surface area (Å²) in [6, 6.07) is 8.11. The summed E-state index contributed by atoms with van der Waals surface area (Å²) < 4.78 is 5.73. The Hall–Kier alpha value is -0.760. The number of halogens is 1. The van der Waals surface area contributed by atoms with E-state index < -0.39 is 0 Å². The first-order valence-electron chi connectivity index (χ1n) is 5.03. The zero-order valence-corrected chi connectivity index (χ0v) is 11.0. The number of rotatable bonds is 3. The molecule has 82 valence electrons. The number of hydrogen-bond acceptors (Lipinski definition) is 1. The van der Waals surface area contributed by atoms with Crippen LogP contribution in [0.15, 0.2) is 30.3 Å². The largest absolute Gasteiger partial charge is 0.488 e. The molecule has 0 amide bonds. The molecule has 0 aromatic heterocycles. The van der Waals surface area contributed by atoms with Crippen LogP contribution in [-0.4, -0.2) is 10.9 Å². The van der Waals surface area contributed by atoms with Gasteiger partial charge < -0.3 is 4.74 Å². The number of benzene rings is 1. The molecule has 0 heterocycles. The summed E-state index contributed by atoms with van der Waals surface area (Å²) in [5.41, 5.74) is 1.06. The van der Waals surface area contributed by atoms with Gasteiger partial charge in [-0.15, -0.1) is 0 Å². The van der Waals surface area contributed by atoms with Crippen molar-refractivity contribution < 1.29 is 4.74 Å². The fourth-order valence-corrected chi connectivity index (χ4v) is 1.37. The van der Waals surface area contributed by atoms with E-state index in [1.54, 1.807) is 0 Å². The summed E-state index contributed by atoms with van der Waals surface area (Å²) >= 11 is 3.35. The van der Waals surface area contributed by atoms with Crippen LogP contribution in [0.4, 0.5) is 0 Å². The predicted octanol–water partition coefficient (Wildman–Crippen LogP) is 4.27. The maximum absolute atomic E-state index is 5.73. The van der Waals surface area contributed by atoms with E-state index in [1.807, 2.05) is 32.9 Å². The standard InChI is InChI=1S/C13H17BrO/c1-13(2,3)15-12-8-6-11(7-9-12)5-4-10-14/h4-9H,10H2,1-3H3. The van der Waals surface area contributed by atoms with Gasteiger partial charge >= 0.3 is 0 Å². The minimum absolute atomic E-state index is 0.132. The SMILES string of the molecule is CC(C)(C)Oc1ccc(C=CCBr)cc1. The molecule has 0 saturated heterocycles. The van der Waals surface area contributed by atoms with Crippen molar-refractivity contribution in [3.8, 4) is 5.75 Å². The van der Waals surface area contributed by atoms with Crippen molar-refractivity contribution in [3.63, 3.8) is 0 Å². The molecule has 15 heavy (non-hydrogen) atoms. The average molecular weight is 269 g/mol. The molecule has 1 aromatic rings. The van der Waals surface area contributed by atoms with E-state index in [0.717, 1.165) is 11.1 Å². The van der Waals surface area contributed by atoms with E-state index in [1.165, 1.54) is 5.56 Å². The molecule has 2 heteroatoms. The Morgan fingerprint density at radius 2 is 1.80 bits per heavy atom. The second kappa shape index (κ2) is 5.36. The molecule has 0 atom stereocenters. The van der Waals surface area contributed by atoms with Crippen molar-refractivity contribution in [1.82, 2.24) is 0 Å². The van der Waals surface area contributed by atoms with Crippen molar-refractivity contribution in [2.24, 2.45) is 0 Å². The number of ether oxygens (including phenoxy) is 1. The molecule has 0 N–H and O–H groups in total. The number of alkyl halides is 1. The van der Waals surface area contributed by atoms with Crippen LogP contribution in [0.5, 0.6) is 5.75 Å². The Labute approximate surface area is 100 Å². The first kappa shape index (κ1) is 12.3. The highest BCUT2D eigenvalue weighted by molar-refractivity contribution is 9.09. The van der Waals surface area contributed by atoms with E-state index in [9.17, 15) is 0 Å². The third-order valence-electron chi connectivity index (χ3n) is 1.70. The summed E-state index contributed by atoms with van der Waals surface area (Å²) in [7, 11) is 0. The van der Waals surface area contributed by atoms with Crippen molar-refractivity contribution >= 4 is 22.0 Å². The highest BCUT2D eigenvalue weighted by Gasteiger charge is 2.10. The van der Waals surface area contributed by atoms with Gasteiger partial charge in [-0.3, -0.25) is 0 Å². The molecule has 1 rings (SSSR count). The van der Waals surface area contributed by atoms with Crippen molar-refractivity contribution in [2.75, 3.05) is 5.33 Å². The monoisotopic (exact) mass is 268 g/mol. The lowest BCUT2D eigenvalue weighted by Crippen LogP contribution is -2.22. The summed E-state index contributed by atoms with van der Waals surface area (Å²) in [5.74, 6) is 0.915. The molecule has 0 aliphatic rings. The number of hydrogen-bond donors (Lipinski definition) is 0. The van der Waals surface area contributed by atoms with E-state index >= 15 is 0 Å². The van der Waals surface area contributed by atoms with Crippen LogP contribution < -0.4 is 4.74 Å². The quantitative estimate of drug-likeness (QED) is 0.744. The van der Waals surface area contributed by atoms with E-state index in [4.69, 9.17) is 4.74 Å². The highest BCUT2D eigenvalue weighted by Crippen LogP contribution is 2.18. The molecule has 1 nitrogen and oxygen atoms in total. The third kappa shape index (κ3) is 5.03. The zero-order valence-electron chi connectivity index (χ0n) is 9.46. The van der Waals surface area contributed by atoms with E-state index in [0.29, 0.717) is 0 Å². The summed E-state index contributed by atoms with van der Waals surface area (Å²) in [4.78, 5) is 0. The lowest BCUT2D eigenvalue weighted by Gasteiger charge is -2.21. The average Bonchev–Trinajstić information content (AvgIpc) is 2.14. The van der Waals surface area contributed by atoms with Gasteiger partial charge in [0.05, 0.1) is 0 Å². The van der Waals surface area contributed by atoms with E-state index in [-0.39, 0.29) is 5.60 Å². The molecule has 0 saturated carbocycles. The van der Waals surface area contributed by atoms with Crippen LogP contribution >= 0.6 is 15.9 Å². The Balaban J connectivity index is 2.68. The summed E-state index contributed by atoms with van der Waals surface area (Å²) in [6.07, 6.45) is 4.15. The lowest BCUT2D eigenvalue weighted by atomic mass is 10.1. The third-order valence-corrected chi connectivity index (χ3v) is 2.08. The van der Waals surface area contributed by atoms with Crippen molar-refractivity contribution in [3.05, 3.63) is 35.9 Å². The molecule has 0 aliphatic carbocycles. The Morgan fingerprint density at radius 1 is 1.20 bits per heavy atom. The minimum Gasteiger partial charge on any atom is -0.488 e. The fraction of sp³-hybridized carbons (Fsp3) is 0.385. The maximum Gasteiger partial charge on any atom is 0.120 e. The van der Waals surface area contributed by atoms with Gasteiger partial charge in [-0.1, -0.05) is 40.2 Å². The van der Waals surface area contributed by atoms with Crippen LogP contribution in [0.25, 0.3) is 6.08 Å². The zero-order chi connectivity index (χ0) is 11.3. The minimum atomic E-state index is -0.132. The van der Waals surface area contributed by atoms with E-state index in [2.05, 4.69) is 40.2 Å². The molecule has 0 radical (unpaired) electrons. The smallest absolute Gasteiger partial charge is 0.120 e. The Morgan fingerprint density at radius 3 is 2.27 bits per heavy atom. The van der Waals surface area contributed by atoms with Gasteiger partial charge in [-0.25, -0.2) is 0 Å². The molecular formula is C13H17BrO. The van der Waals surface area contributed by atoms with Crippen LogP contribution in [0.2, 0.25) is 0 Å². The lowest BCUT2D eigenvalue weighted by molar-refractivity contribution is 0.131. The van der Waals surface area contributed by atoms with Crippen LogP contribution in [-0.2, 0) is 0 Å². The topological polar surface area (TPSA) is 9.23 Å². The van der Waals surface area contributed by atoms with Gasteiger partial charge in [0.15, 0.2) is 0 Å². The molecule has 0 unspecified atom stereocenters. The first-order valence-corrected chi connectivity index (χ1v) is 6.15. The Bertz CT molecular complexity index is 319. The van der Waals surface area contributed by atoms with Gasteiger partial charge in [0.2, 0.25) is 0 Å². The molecule has 1 aromatic carbocycles. The van der Waals surface area contributed by atoms with Crippen molar-refractivity contribution in [1.29, 1.82) is 0 Å². The molecule has 0 spiro atoms. The molecule has 0 bridgehead atoms. The maximum atomic E-state index is 5.73. The van der Waals surface area contributed by atoms with Crippen LogP contribution in [0.1, 0.15) is 26.3 Å². The van der Waals surface area contributed by atoms with Gasteiger partial charge in [0, 0.05) is 5.33 Å². The first-order chi connectivity index (χ1) is 7.01. The van der Waals surface area contributed by atoms with Gasteiger partial charge in [-0.2, -0.15) is 0 Å². The molecule has 0 aliphatic heterocycles. The molecular weight excluding hydrogens is 252 g/mol. The normalized spacial score (nSPS) is 12.0. The molecule has 0 fully saturated rings. The summed E-state index contributed by atoms with van der Waals surface area (Å²) in [5, 5.41) is 0.882. The fourth-order valence-electron chi connectivity index (χ4n) is 1.18.